The molecule has 1 aliphatic rings. The standard InChI is InChI=1S/C25H33NO/c1-9-25(8)24(6,7)23(4,5)17(3)26(25)21-16(2)14-15-19-18-12-10-11-13-20(18)27-22(19)21/h10-15,17H,9H2,1-8H3/t17-,25?/m0/s1. The van der Waals surface area contributed by atoms with Crippen LogP contribution in [0.3, 0.4) is 0 Å². The molecule has 0 aliphatic carbocycles. The lowest BCUT2D eigenvalue weighted by Gasteiger charge is -2.47. The Balaban J connectivity index is 2.08. The van der Waals surface area contributed by atoms with Crippen molar-refractivity contribution in [1.29, 1.82) is 0 Å². The third-order valence-corrected chi connectivity index (χ3v) is 8.57. The zero-order valence-electron chi connectivity index (χ0n) is 18.1. The summed E-state index contributed by atoms with van der Waals surface area (Å²) < 4.78 is 6.46. The summed E-state index contributed by atoms with van der Waals surface area (Å²) in [5.41, 5.74) is 4.97. The van der Waals surface area contributed by atoms with Crippen molar-refractivity contribution in [1.82, 2.24) is 0 Å². The van der Waals surface area contributed by atoms with Crippen LogP contribution in [0.2, 0.25) is 0 Å². The number of furan rings is 1. The second kappa shape index (κ2) is 5.53. The van der Waals surface area contributed by atoms with Gasteiger partial charge in [-0.05, 0) is 49.7 Å². The largest absolute Gasteiger partial charge is 0.454 e. The second-order valence-corrected chi connectivity index (χ2v) is 9.73. The molecule has 2 heterocycles. The average molecular weight is 364 g/mol. The van der Waals surface area contributed by atoms with Crippen LogP contribution in [0.4, 0.5) is 5.69 Å². The van der Waals surface area contributed by atoms with Gasteiger partial charge in [0.2, 0.25) is 0 Å². The molecule has 2 nitrogen and oxygen atoms in total. The molecule has 2 atom stereocenters. The van der Waals surface area contributed by atoms with E-state index < -0.39 is 0 Å². The molecule has 1 saturated heterocycles. The summed E-state index contributed by atoms with van der Waals surface area (Å²) in [5.74, 6) is 0. The molecule has 1 aromatic heterocycles. The third-order valence-electron chi connectivity index (χ3n) is 8.57. The van der Waals surface area contributed by atoms with E-state index in [4.69, 9.17) is 4.42 Å². The number of anilines is 1. The van der Waals surface area contributed by atoms with Gasteiger partial charge in [0.1, 0.15) is 5.58 Å². The molecule has 27 heavy (non-hydrogen) atoms. The van der Waals surface area contributed by atoms with E-state index in [-0.39, 0.29) is 16.4 Å². The molecular formula is C25H33NO. The lowest BCUT2D eigenvalue weighted by atomic mass is 9.59. The number of hydrogen-bond donors (Lipinski definition) is 0. The van der Waals surface area contributed by atoms with Crippen LogP contribution in [0.25, 0.3) is 21.9 Å². The fourth-order valence-electron chi connectivity index (χ4n) is 5.49. The van der Waals surface area contributed by atoms with Gasteiger partial charge in [0, 0.05) is 22.4 Å². The zero-order chi connectivity index (χ0) is 19.8. The van der Waals surface area contributed by atoms with E-state index in [1.54, 1.807) is 0 Å². The molecule has 2 aromatic carbocycles. The average Bonchev–Trinajstić information content (AvgIpc) is 3.04. The van der Waals surface area contributed by atoms with Crippen molar-refractivity contribution in [2.45, 2.75) is 73.4 Å². The van der Waals surface area contributed by atoms with E-state index >= 15 is 0 Å². The first-order valence-corrected chi connectivity index (χ1v) is 10.3. The topological polar surface area (TPSA) is 16.4 Å². The van der Waals surface area contributed by atoms with Crippen LogP contribution in [0, 0.1) is 17.8 Å². The number of benzene rings is 2. The molecule has 0 bridgehead atoms. The summed E-state index contributed by atoms with van der Waals surface area (Å²) in [6, 6.07) is 13.3. The molecule has 1 aliphatic heterocycles. The van der Waals surface area contributed by atoms with E-state index in [1.807, 2.05) is 0 Å². The molecule has 1 unspecified atom stereocenters. The van der Waals surface area contributed by atoms with Gasteiger partial charge in [0.15, 0.2) is 5.58 Å². The van der Waals surface area contributed by atoms with Crippen molar-refractivity contribution in [3.05, 3.63) is 42.0 Å². The van der Waals surface area contributed by atoms with E-state index in [1.165, 1.54) is 22.0 Å². The minimum Gasteiger partial charge on any atom is -0.454 e. The van der Waals surface area contributed by atoms with Gasteiger partial charge in [-0.15, -0.1) is 0 Å². The summed E-state index contributed by atoms with van der Waals surface area (Å²) in [4.78, 5) is 2.69. The number of nitrogens with zero attached hydrogens (tertiary/aromatic N) is 1. The first-order chi connectivity index (χ1) is 12.6. The maximum absolute atomic E-state index is 6.46. The molecule has 0 spiro atoms. The first kappa shape index (κ1) is 18.4. The highest BCUT2D eigenvalue weighted by Gasteiger charge is 2.63. The van der Waals surface area contributed by atoms with Gasteiger partial charge in [0.25, 0.3) is 0 Å². The summed E-state index contributed by atoms with van der Waals surface area (Å²) in [6.45, 7) is 19.1. The van der Waals surface area contributed by atoms with Crippen LogP contribution in [-0.4, -0.2) is 11.6 Å². The lowest BCUT2D eigenvalue weighted by Crippen LogP contribution is -2.51. The Kier molecular flexibility index (Phi) is 3.77. The highest BCUT2D eigenvalue weighted by Crippen LogP contribution is 2.62. The Labute approximate surface area is 163 Å². The monoisotopic (exact) mass is 363 g/mol. The van der Waals surface area contributed by atoms with E-state index in [2.05, 4.69) is 96.7 Å². The molecule has 2 heteroatoms. The van der Waals surface area contributed by atoms with Gasteiger partial charge in [-0.25, -0.2) is 0 Å². The van der Waals surface area contributed by atoms with Crippen LogP contribution in [0.5, 0.6) is 0 Å². The summed E-state index contributed by atoms with van der Waals surface area (Å²) in [6.07, 6.45) is 1.10. The van der Waals surface area contributed by atoms with Gasteiger partial charge >= 0.3 is 0 Å². The Morgan fingerprint density at radius 2 is 1.63 bits per heavy atom. The normalized spacial score (nSPS) is 27.0. The second-order valence-electron chi connectivity index (χ2n) is 9.73. The smallest absolute Gasteiger partial charge is 0.158 e. The fourth-order valence-corrected chi connectivity index (χ4v) is 5.49. The number of hydrogen-bond acceptors (Lipinski definition) is 2. The highest BCUT2D eigenvalue weighted by atomic mass is 16.3. The number of aryl methyl sites for hydroxylation is 1. The minimum absolute atomic E-state index is 0.0495. The number of para-hydroxylation sites is 1. The molecule has 0 saturated carbocycles. The van der Waals surface area contributed by atoms with Gasteiger partial charge in [-0.3, -0.25) is 0 Å². The Morgan fingerprint density at radius 3 is 2.30 bits per heavy atom. The maximum atomic E-state index is 6.46. The highest BCUT2D eigenvalue weighted by molar-refractivity contribution is 6.09. The van der Waals surface area contributed by atoms with E-state index in [9.17, 15) is 0 Å². The van der Waals surface area contributed by atoms with Crippen LogP contribution in [0.1, 0.15) is 60.5 Å². The predicted molar refractivity (Wildman–Crippen MR) is 117 cm³/mol. The van der Waals surface area contributed by atoms with Crippen molar-refractivity contribution in [2.75, 3.05) is 4.90 Å². The van der Waals surface area contributed by atoms with Crippen LogP contribution >= 0.6 is 0 Å². The van der Waals surface area contributed by atoms with Crippen LogP contribution in [0.15, 0.2) is 40.8 Å². The molecule has 0 amide bonds. The third kappa shape index (κ3) is 2.07. The van der Waals surface area contributed by atoms with E-state index in [0.717, 1.165) is 17.6 Å². The Morgan fingerprint density at radius 1 is 0.963 bits per heavy atom. The Hall–Kier alpha value is -1.96. The number of rotatable bonds is 2. The quantitative estimate of drug-likeness (QED) is 0.474. The van der Waals surface area contributed by atoms with Crippen molar-refractivity contribution in [3.63, 3.8) is 0 Å². The maximum Gasteiger partial charge on any atom is 0.158 e. The first-order valence-electron chi connectivity index (χ1n) is 10.3. The fraction of sp³-hybridized carbons (Fsp3) is 0.520. The summed E-state index contributed by atoms with van der Waals surface area (Å²) in [7, 11) is 0. The van der Waals surface area contributed by atoms with E-state index in [0.29, 0.717) is 6.04 Å². The summed E-state index contributed by atoms with van der Waals surface area (Å²) >= 11 is 0. The van der Waals surface area contributed by atoms with Gasteiger partial charge in [-0.1, -0.05) is 65.0 Å². The van der Waals surface area contributed by atoms with Gasteiger partial charge in [0.05, 0.1) is 5.69 Å². The van der Waals surface area contributed by atoms with Crippen LogP contribution < -0.4 is 4.90 Å². The summed E-state index contributed by atoms with van der Waals surface area (Å²) in [5, 5.41) is 2.43. The Bertz CT molecular complexity index is 1030. The molecule has 3 aromatic rings. The molecular weight excluding hydrogens is 330 g/mol. The zero-order valence-corrected chi connectivity index (χ0v) is 18.1. The predicted octanol–water partition coefficient (Wildman–Crippen LogP) is 7.32. The molecule has 0 radical (unpaired) electrons. The van der Waals surface area contributed by atoms with Crippen LogP contribution in [-0.2, 0) is 0 Å². The molecule has 144 valence electrons. The van der Waals surface area contributed by atoms with Crippen molar-refractivity contribution < 1.29 is 4.42 Å². The van der Waals surface area contributed by atoms with Crippen molar-refractivity contribution in [3.8, 4) is 0 Å². The number of fused-ring (bicyclic) bond motifs is 3. The SMILES string of the molecule is CCC1(C)N(c2c(C)ccc3c2oc2ccccc23)[C@@H](C)C(C)(C)C1(C)C. The van der Waals surface area contributed by atoms with Crippen molar-refractivity contribution in [2.24, 2.45) is 10.8 Å². The van der Waals surface area contributed by atoms with Gasteiger partial charge in [-0.2, -0.15) is 0 Å². The molecule has 4 rings (SSSR count). The lowest BCUT2D eigenvalue weighted by molar-refractivity contribution is 0.0837. The minimum atomic E-state index is 0.0495. The molecule has 1 fully saturated rings. The van der Waals surface area contributed by atoms with Gasteiger partial charge < -0.3 is 9.32 Å². The van der Waals surface area contributed by atoms with Crippen molar-refractivity contribution >= 4 is 27.6 Å². The molecule has 0 N–H and O–H groups in total.